The largest absolute Gasteiger partial charge is 0.326 e. The molecule has 0 bridgehead atoms. The molecule has 5 nitrogen and oxygen atoms in total. The SMILES string of the molecule is O=C(Nc1ccncc1)c1ccc(NC(=O)C2CC2)cc1. The summed E-state index contributed by atoms with van der Waals surface area (Å²) in [7, 11) is 0. The number of carbonyl (C=O) groups excluding carboxylic acids is 2. The number of rotatable bonds is 4. The van der Waals surface area contributed by atoms with Crippen LogP contribution < -0.4 is 10.6 Å². The molecule has 1 aromatic heterocycles. The fourth-order valence-corrected chi connectivity index (χ4v) is 1.93. The highest BCUT2D eigenvalue weighted by molar-refractivity contribution is 6.04. The van der Waals surface area contributed by atoms with E-state index in [0.717, 1.165) is 12.8 Å². The Balaban J connectivity index is 1.63. The summed E-state index contributed by atoms with van der Waals surface area (Å²) in [5.41, 5.74) is 1.95. The topological polar surface area (TPSA) is 71.1 Å². The molecule has 0 unspecified atom stereocenters. The number of carbonyl (C=O) groups is 2. The van der Waals surface area contributed by atoms with Crippen molar-refractivity contribution in [3.05, 3.63) is 54.4 Å². The van der Waals surface area contributed by atoms with Crippen LogP contribution in [0.15, 0.2) is 48.8 Å². The Morgan fingerprint density at radius 1 is 0.905 bits per heavy atom. The molecule has 2 amide bonds. The second-order valence-electron chi connectivity index (χ2n) is 5.03. The summed E-state index contributed by atoms with van der Waals surface area (Å²) < 4.78 is 0. The van der Waals surface area contributed by atoms with Crippen molar-refractivity contribution < 1.29 is 9.59 Å². The van der Waals surface area contributed by atoms with E-state index in [2.05, 4.69) is 15.6 Å². The first kappa shape index (κ1) is 13.3. The lowest BCUT2D eigenvalue weighted by molar-refractivity contribution is -0.117. The number of nitrogens with zero attached hydrogens (tertiary/aromatic N) is 1. The van der Waals surface area contributed by atoms with E-state index in [-0.39, 0.29) is 17.7 Å². The van der Waals surface area contributed by atoms with E-state index < -0.39 is 0 Å². The molecule has 0 atom stereocenters. The number of hydrogen-bond donors (Lipinski definition) is 2. The molecular weight excluding hydrogens is 266 g/mol. The van der Waals surface area contributed by atoms with Crippen molar-refractivity contribution in [1.29, 1.82) is 0 Å². The number of anilines is 2. The van der Waals surface area contributed by atoms with E-state index in [0.29, 0.717) is 16.9 Å². The van der Waals surface area contributed by atoms with Crippen LogP contribution >= 0.6 is 0 Å². The summed E-state index contributed by atoms with van der Waals surface area (Å²) in [6, 6.07) is 10.3. The van der Waals surface area contributed by atoms with E-state index in [1.54, 1.807) is 48.8 Å². The van der Waals surface area contributed by atoms with E-state index in [1.165, 1.54) is 0 Å². The van der Waals surface area contributed by atoms with Gasteiger partial charge < -0.3 is 10.6 Å². The van der Waals surface area contributed by atoms with E-state index in [1.807, 2.05) is 0 Å². The van der Waals surface area contributed by atoms with Crippen molar-refractivity contribution in [2.45, 2.75) is 12.8 Å². The van der Waals surface area contributed by atoms with Gasteiger partial charge in [0, 0.05) is 35.2 Å². The minimum absolute atomic E-state index is 0.0592. The fourth-order valence-electron chi connectivity index (χ4n) is 1.93. The monoisotopic (exact) mass is 281 g/mol. The minimum Gasteiger partial charge on any atom is -0.326 e. The van der Waals surface area contributed by atoms with Crippen molar-refractivity contribution in [3.63, 3.8) is 0 Å². The first-order chi connectivity index (χ1) is 10.2. The van der Waals surface area contributed by atoms with Crippen molar-refractivity contribution in [2.24, 2.45) is 5.92 Å². The summed E-state index contributed by atoms with van der Waals surface area (Å²) in [5, 5.41) is 5.62. The van der Waals surface area contributed by atoms with Crippen molar-refractivity contribution in [1.82, 2.24) is 4.98 Å². The lowest BCUT2D eigenvalue weighted by Gasteiger charge is -2.07. The van der Waals surface area contributed by atoms with Gasteiger partial charge >= 0.3 is 0 Å². The molecule has 21 heavy (non-hydrogen) atoms. The standard InChI is InChI=1S/C16H15N3O2/c20-15(11-1-2-11)18-13-5-3-12(4-6-13)16(21)19-14-7-9-17-10-8-14/h3-11H,1-2H2,(H,18,20)(H,17,19,21). The molecule has 1 aliphatic carbocycles. The van der Waals surface area contributed by atoms with Crippen molar-refractivity contribution >= 4 is 23.2 Å². The molecular formula is C16H15N3O2. The van der Waals surface area contributed by atoms with E-state index in [9.17, 15) is 9.59 Å². The third kappa shape index (κ3) is 3.45. The van der Waals surface area contributed by atoms with Crippen LogP contribution in [0.25, 0.3) is 0 Å². The lowest BCUT2D eigenvalue weighted by atomic mass is 10.2. The lowest BCUT2D eigenvalue weighted by Crippen LogP contribution is -2.14. The van der Waals surface area contributed by atoms with Gasteiger partial charge in [-0.1, -0.05) is 0 Å². The van der Waals surface area contributed by atoms with Gasteiger partial charge in [-0.05, 0) is 49.2 Å². The van der Waals surface area contributed by atoms with Gasteiger partial charge in [0.2, 0.25) is 5.91 Å². The summed E-state index contributed by atoms with van der Waals surface area (Å²) in [6.07, 6.45) is 5.18. The Hall–Kier alpha value is -2.69. The highest BCUT2D eigenvalue weighted by atomic mass is 16.2. The van der Waals surface area contributed by atoms with Gasteiger partial charge in [0.15, 0.2) is 0 Å². The van der Waals surface area contributed by atoms with Gasteiger partial charge in [-0.2, -0.15) is 0 Å². The molecule has 0 saturated heterocycles. The molecule has 1 aliphatic rings. The molecule has 1 fully saturated rings. The van der Waals surface area contributed by atoms with E-state index >= 15 is 0 Å². The Morgan fingerprint density at radius 3 is 2.14 bits per heavy atom. The molecule has 1 aromatic carbocycles. The van der Waals surface area contributed by atoms with Crippen molar-refractivity contribution in [3.8, 4) is 0 Å². The second-order valence-corrected chi connectivity index (χ2v) is 5.03. The molecule has 0 spiro atoms. The number of nitrogens with one attached hydrogen (secondary N) is 2. The predicted molar refractivity (Wildman–Crippen MR) is 80.0 cm³/mol. The van der Waals surface area contributed by atoms with Gasteiger partial charge in [0.05, 0.1) is 0 Å². The van der Waals surface area contributed by atoms with Crippen LogP contribution in [-0.4, -0.2) is 16.8 Å². The van der Waals surface area contributed by atoms with Crippen molar-refractivity contribution in [2.75, 3.05) is 10.6 Å². The van der Waals surface area contributed by atoms with Gasteiger partial charge in [-0.25, -0.2) is 0 Å². The fraction of sp³-hybridized carbons (Fsp3) is 0.188. The van der Waals surface area contributed by atoms with Crippen LogP contribution in [0.2, 0.25) is 0 Å². The van der Waals surface area contributed by atoms with Crippen LogP contribution in [0.4, 0.5) is 11.4 Å². The van der Waals surface area contributed by atoms with Gasteiger partial charge in [0.25, 0.3) is 5.91 Å². The Kier molecular flexibility index (Phi) is 3.64. The molecule has 2 aromatic rings. The average Bonchev–Trinajstić information content (AvgIpc) is 3.33. The maximum atomic E-state index is 12.0. The molecule has 3 rings (SSSR count). The molecule has 2 N–H and O–H groups in total. The zero-order chi connectivity index (χ0) is 14.7. The zero-order valence-electron chi connectivity index (χ0n) is 11.4. The molecule has 1 saturated carbocycles. The molecule has 0 aliphatic heterocycles. The van der Waals surface area contributed by atoms with E-state index in [4.69, 9.17) is 0 Å². The van der Waals surface area contributed by atoms with Crippen LogP contribution in [0, 0.1) is 5.92 Å². The second kappa shape index (κ2) is 5.75. The maximum Gasteiger partial charge on any atom is 0.255 e. The molecule has 5 heteroatoms. The minimum atomic E-state index is -0.193. The Bertz CT molecular complexity index is 649. The summed E-state index contributed by atoms with van der Waals surface area (Å²) in [5.74, 6) is 0.0323. The number of pyridine rings is 1. The normalized spacial score (nSPS) is 13.5. The van der Waals surface area contributed by atoms with Gasteiger partial charge in [0.1, 0.15) is 0 Å². The third-order valence-corrected chi connectivity index (χ3v) is 3.30. The third-order valence-electron chi connectivity index (χ3n) is 3.30. The highest BCUT2D eigenvalue weighted by Gasteiger charge is 2.29. The van der Waals surface area contributed by atoms with Gasteiger partial charge in [-0.15, -0.1) is 0 Å². The summed E-state index contributed by atoms with van der Waals surface area (Å²) in [6.45, 7) is 0. The Morgan fingerprint density at radius 2 is 1.52 bits per heavy atom. The average molecular weight is 281 g/mol. The first-order valence-corrected chi connectivity index (χ1v) is 6.85. The van der Waals surface area contributed by atoms with Crippen LogP contribution in [0.3, 0.4) is 0 Å². The predicted octanol–water partition coefficient (Wildman–Crippen LogP) is 2.68. The number of benzene rings is 1. The van der Waals surface area contributed by atoms with Gasteiger partial charge in [-0.3, -0.25) is 14.6 Å². The summed E-state index contributed by atoms with van der Waals surface area (Å²) >= 11 is 0. The quantitative estimate of drug-likeness (QED) is 0.905. The zero-order valence-corrected chi connectivity index (χ0v) is 11.4. The number of hydrogen-bond acceptors (Lipinski definition) is 3. The molecule has 0 radical (unpaired) electrons. The first-order valence-electron chi connectivity index (χ1n) is 6.85. The molecule has 106 valence electrons. The Labute approximate surface area is 122 Å². The van der Waals surface area contributed by atoms with Crippen LogP contribution in [-0.2, 0) is 4.79 Å². The number of amides is 2. The van der Waals surface area contributed by atoms with Crippen LogP contribution in [0.1, 0.15) is 23.2 Å². The highest BCUT2D eigenvalue weighted by Crippen LogP contribution is 2.30. The maximum absolute atomic E-state index is 12.0. The smallest absolute Gasteiger partial charge is 0.255 e. The molecule has 1 heterocycles. The van der Waals surface area contributed by atoms with Crippen LogP contribution in [0.5, 0.6) is 0 Å². The summed E-state index contributed by atoms with van der Waals surface area (Å²) in [4.78, 5) is 27.6. The number of aromatic nitrogens is 1.